The number of benzene rings is 1. The second-order valence-electron chi connectivity index (χ2n) is 6.30. The molecule has 26 heavy (non-hydrogen) atoms. The van der Waals surface area contributed by atoms with Gasteiger partial charge in [-0.15, -0.1) is 0 Å². The van der Waals surface area contributed by atoms with E-state index in [0.717, 1.165) is 9.47 Å². The highest BCUT2D eigenvalue weighted by molar-refractivity contribution is 6.32. The average Bonchev–Trinajstić information content (AvgIpc) is 2.82. The van der Waals surface area contributed by atoms with E-state index in [4.69, 9.17) is 11.6 Å². The molecule has 1 atom stereocenters. The molecule has 2 aromatic rings. The van der Waals surface area contributed by atoms with Crippen LogP contribution in [0.4, 0.5) is 4.79 Å². The first-order valence-electron chi connectivity index (χ1n) is 7.82. The van der Waals surface area contributed by atoms with Crippen LogP contribution in [-0.4, -0.2) is 26.0 Å². The van der Waals surface area contributed by atoms with Crippen LogP contribution in [0.2, 0.25) is 5.02 Å². The molecule has 0 saturated carbocycles. The predicted octanol–water partition coefficient (Wildman–Crippen LogP) is 0.705. The number of carbonyl (C=O) groups is 2. The van der Waals surface area contributed by atoms with E-state index in [9.17, 15) is 19.2 Å². The van der Waals surface area contributed by atoms with E-state index in [1.54, 1.807) is 31.2 Å². The number of hydrogen-bond acceptors (Lipinski definition) is 4. The summed E-state index contributed by atoms with van der Waals surface area (Å²) in [6.07, 6.45) is 0. The maximum Gasteiger partial charge on any atom is 0.330 e. The molecule has 1 fully saturated rings. The Bertz CT molecular complexity index is 1040. The lowest BCUT2D eigenvalue weighted by atomic mass is 9.92. The Morgan fingerprint density at radius 1 is 1.08 bits per heavy atom. The Morgan fingerprint density at radius 3 is 2.38 bits per heavy atom. The van der Waals surface area contributed by atoms with Crippen molar-refractivity contribution in [1.29, 1.82) is 0 Å². The molecular weight excluding hydrogens is 360 g/mol. The summed E-state index contributed by atoms with van der Waals surface area (Å²) in [5.41, 5.74) is -1.64. The Labute approximate surface area is 153 Å². The molecule has 2 heterocycles. The third-order valence-electron chi connectivity index (χ3n) is 4.63. The fraction of sp³-hybridized carbons (Fsp3) is 0.294. The van der Waals surface area contributed by atoms with Crippen LogP contribution in [0.25, 0.3) is 0 Å². The highest BCUT2D eigenvalue weighted by atomic mass is 35.5. The number of nitrogens with one attached hydrogen (secondary N) is 1. The highest BCUT2D eigenvalue weighted by Gasteiger charge is 2.49. The first-order chi connectivity index (χ1) is 12.2. The third-order valence-corrected chi connectivity index (χ3v) is 4.96. The minimum Gasteiger partial charge on any atom is -0.319 e. The van der Waals surface area contributed by atoms with Crippen molar-refractivity contribution >= 4 is 23.5 Å². The van der Waals surface area contributed by atoms with Crippen LogP contribution in [0.1, 0.15) is 18.2 Å². The van der Waals surface area contributed by atoms with Crippen LogP contribution < -0.4 is 16.6 Å². The van der Waals surface area contributed by atoms with Gasteiger partial charge in [-0.25, -0.2) is 9.59 Å². The minimum atomic E-state index is -1.33. The maximum atomic E-state index is 13.0. The second-order valence-corrected chi connectivity index (χ2v) is 6.71. The Kier molecular flexibility index (Phi) is 4.23. The van der Waals surface area contributed by atoms with Gasteiger partial charge in [0.1, 0.15) is 5.54 Å². The number of urea groups is 1. The molecule has 1 aliphatic rings. The van der Waals surface area contributed by atoms with Gasteiger partial charge in [0.25, 0.3) is 11.5 Å². The zero-order chi connectivity index (χ0) is 19.2. The van der Waals surface area contributed by atoms with Crippen LogP contribution in [-0.2, 0) is 31.0 Å². The van der Waals surface area contributed by atoms with Crippen molar-refractivity contribution in [3.8, 4) is 0 Å². The van der Waals surface area contributed by atoms with Crippen molar-refractivity contribution in [3.05, 3.63) is 67.4 Å². The summed E-state index contributed by atoms with van der Waals surface area (Å²) in [5, 5.41) is 3.00. The molecule has 1 aromatic heterocycles. The van der Waals surface area contributed by atoms with Gasteiger partial charge in [-0.1, -0.05) is 29.8 Å². The predicted molar refractivity (Wildman–Crippen MR) is 94.8 cm³/mol. The molecule has 8 nitrogen and oxygen atoms in total. The lowest BCUT2D eigenvalue weighted by molar-refractivity contribution is -0.131. The molecule has 1 aliphatic heterocycles. The zero-order valence-corrected chi connectivity index (χ0v) is 15.2. The fourth-order valence-corrected chi connectivity index (χ4v) is 3.31. The van der Waals surface area contributed by atoms with Gasteiger partial charge in [0.15, 0.2) is 0 Å². The number of rotatable bonds is 3. The van der Waals surface area contributed by atoms with Gasteiger partial charge in [-0.2, -0.15) is 0 Å². The standard InChI is InChI=1S/C17H17ClN4O4/c1-17(11-6-4-5-7-12(11)18)14(24)22(15(25)19-17)9-10-8-13(23)21(3)16(26)20(10)2/h4-8H,9H2,1-3H3,(H,19,25)/t17-/m1/s1. The van der Waals surface area contributed by atoms with Gasteiger partial charge in [0, 0.05) is 36.4 Å². The van der Waals surface area contributed by atoms with E-state index in [1.807, 2.05) is 0 Å². The number of carbonyl (C=O) groups excluding carboxylic acids is 2. The number of amides is 3. The zero-order valence-electron chi connectivity index (χ0n) is 14.4. The Morgan fingerprint density at radius 2 is 1.73 bits per heavy atom. The van der Waals surface area contributed by atoms with Gasteiger partial charge < -0.3 is 5.32 Å². The van der Waals surface area contributed by atoms with Crippen LogP contribution in [0.5, 0.6) is 0 Å². The van der Waals surface area contributed by atoms with Gasteiger partial charge in [-0.05, 0) is 13.0 Å². The van der Waals surface area contributed by atoms with E-state index >= 15 is 0 Å². The van der Waals surface area contributed by atoms with Crippen molar-refractivity contribution in [3.63, 3.8) is 0 Å². The second kappa shape index (κ2) is 6.14. The Balaban J connectivity index is 2.00. The highest BCUT2D eigenvalue weighted by Crippen LogP contribution is 2.33. The molecule has 9 heteroatoms. The SMILES string of the molecule is Cn1c(CN2C(=O)N[C@](C)(c3ccccc3Cl)C2=O)cc(=O)n(C)c1=O. The topological polar surface area (TPSA) is 93.4 Å². The minimum absolute atomic E-state index is 0.202. The number of nitrogens with zero attached hydrogens (tertiary/aromatic N) is 3. The molecule has 0 radical (unpaired) electrons. The molecule has 3 amide bonds. The summed E-state index contributed by atoms with van der Waals surface area (Å²) in [5.74, 6) is -0.510. The van der Waals surface area contributed by atoms with Gasteiger partial charge in [-0.3, -0.25) is 23.6 Å². The summed E-state index contributed by atoms with van der Waals surface area (Å²) < 4.78 is 2.18. The number of hydrogen-bond donors (Lipinski definition) is 1. The van der Waals surface area contributed by atoms with Crippen LogP contribution in [0, 0.1) is 0 Å². The molecule has 0 aliphatic carbocycles. The van der Waals surface area contributed by atoms with Crippen LogP contribution in [0.3, 0.4) is 0 Å². The maximum absolute atomic E-state index is 13.0. The quantitative estimate of drug-likeness (QED) is 0.798. The van der Waals surface area contributed by atoms with E-state index in [1.165, 1.54) is 24.7 Å². The van der Waals surface area contributed by atoms with Crippen molar-refractivity contribution < 1.29 is 9.59 Å². The summed E-state index contributed by atoms with van der Waals surface area (Å²) in [6, 6.07) is 7.36. The number of imide groups is 1. The van der Waals surface area contributed by atoms with E-state index in [2.05, 4.69) is 5.32 Å². The van der Waals surface area contributed by atoms with Gasteiger partial charge >= 0.3 is 11.7 Å². The monoisotopic (exact) mass is 376 g/mol. The van der Waals surface area contributed by atoms with Crippen molar-refractivity contribution in [2.75, 3.05) is 0 Å². The summed E-state index contributed by atoms with van der Waals surface area (Å²) in [4.78, 5) is 50.3. The molecule has 1 N–H and O–H groups in total. The molecular formula is C17H17ClN4O4. The largest absolute Gasteiger partial charge is 0.330 e. The fourth-order valence-electron chi connectivity index (χ4n) is 2.98. The van der Waals surface area contributed by atoms with Crippen molar-refractivity contribution in [2.24, 2.45) is 14.1 Å². The first-order valence-corrected chi connectivity index (χ1v) is 8.19. The van der Waals surface area contributed by atoms with E-state index < -0.39 is 28.7 Å². The summed E-state index contributed by atoms with van der Waals surface area (Å²) in [7, 11) is 2.83. The molecule has 0 spiro atoms. The molecule has 0 unspecified atom stereocenters. The third kappa shape index (κ3) is 2.62. The smallest absolute Gasteiger partial charge is 0.319 e. The van der Waals surface area contributed by atoms with Gasteiger partial charge in [0.05, 0.1) is 6.54 Å². The molecule has 0 bridgehead atoms. The number of halogens is 1. The lowest BCUT2D eigenvalue weighted by Gasteiger charge is -2.23. The average molecular weight is 377 g/mol. The van der Waals surface area contributed by atoms with Crippen molar-refractivity contribution in [2.45, 2.75) is 19.0 Å². The lowest BCUT2D eigenvalue weighted by Crippen LogP contribution is -2.42. The van der Waals surface area contributed by atoms with E-state index in [0.29, 0.717) is 10.6 Å². The number of aromatic nitrogens is 2. The normalized spacial score (nSPS) is 19.8. The van der Waals surface area contributed by atoms with E-state index in [-0.39, 0.29) is 12.2 Å². The van der Waals surface area contributed by atoms with Crippen LogP contribution in [0.15, 0.2) is 39.9 Å². The van der Waals surface area contributed by atoms with Crippen molar-refractivity contribution in [1.82, 2.24) is 19.4 Å². The summed E-state index contributed by atoms with van der Waals surface area (Å²) in [6.45, 7) is 1.37. The first kappa shape index (κ1) is 17.9. The Hall–Kier alpha value is -2.87. The van der Waals surface area contributed by atoms with Gasteiger partial charge in [0.2, 0.25) is 0 Å². The molecule has 136 valence electrons. The molecule has 1 saturated heterocycles. The molecule has 1 aromatic carbocycles. The summed E-state index contributed by atoms with van der Waals surface area (Å²) >= 11 is 6.19. The van der Waals surface area contributed by atoms with Crippen LogP contribution >= 0.6 is 11.6 Å². The molecule has 3 rings (SSSR count).